The normalized spacial score (nSPS) is 24.6. The highest BCUT2D eigenvalue weighted by Crippen LogP contribution is 2.20. The Bertz CT molecular complexity index is 248. The molecule has 0 bridgehead atoms. The summed E-state index contributed by atoms with van der Waals surface area (Å²) >= 11 is 0. The molecule has 1 heterocycles. The van der Waals surface area contributed by atoms with E-state index in [1.54, 1.807) is 0 Å². The van der Waals surface area contributed by atoms with Crippen LogP contribution in [0.15, 0.2) is 0 Å². The van der Waals surface area contributed by atoms with Crippen molar-refractivity contribution in [1.82, 2.24) is 10.2 Å². The lowest BCUT2D eigenvalue weighted by Crippen LogP contribution is -2.41. The summed E-state index contributed by atoms with van der Waals surface area (Å²) in [6.45, 7) is 14.4. The highest BCUT2D eigenvalue weighted by molar-refractivity contribution is 4.80. The number of ether oxygens (including phenoxy) is 1. The van der Waals surface area contributed by atoms with Crippen molar-refractivity contribution in [2.75, 3.05) is 26.7 Å². The van der Waals surface area contributed by atoms with Gasteiger partial charge in [0.05, 0.1) is 12.2 Å². The van der Waals surface area contributed by atoms with Crippen LogP contribution in [0.4, 0.5) is 0 Å². The highest BCUT2D eigenvalue weighted by atomic mass is 16.5. The molecule has 0 saturated carbocycles. The van der Waals surface area contributed by atoms with Gasteiger partial charge in [-0.15, -0.1) is 0 Å². The first-order chi connectivity index (χ1) is 8.76. The molecular weight excluding hydrogens is 236 g/mol. The summed E-state index contributed by atoms with van der Waals surface area (Å²) in [6, 6.07) is 0. The molecule has 1 fully saturated rings. The molecular formula is C16H34N2O. The van der Waals surface area contributed by atoms with Crippen molar-refractivity contribution in [3.8, 4) is 0 Å². The van der Waals surface area contributed by atoms with Crippen LogP contribution in [0.25, 0.3) is 0 Å². The van der Waals surface area contributed by atoms with Crippen molar-refractivity contribution < 1.29 is 4.74 Å². The van der Waals surface area contributed by atoms with Crippen LogP contribution in [0.1, 0.15) is 53.9 Å². The van der Waals surface area contributed by atoms with E-state index in [1.807, 2.05) is 0 Å². The van der Waals surface area contributed by atoms with E-state index in [-0.39, 0.29) is 5.54 Å². The second kappa shape index (κ2) is 7.61. The van der Waals surface area contributed by atoms with E-state index in [2.05, 4.69) is 51.9 Å². The molecule has 114 valence electrons. The van der Waals surface area contributed by atoms with Gasteiger partial charge in [-0.2, -0.15) is 0 Å². The minimum atomic E-state index is 0.190. The predicted octanol–water partition coefficient (Wildman–Crippen LogP) is 2.90. The first-order valence-corrected chi connectivity index (χ1v) is 7.85. The summed E-state index contributed by atoms with van der Waals surface area (Å²) in [5, 5.41) is 3.54. The smallest absolute Gasteiger partial charge is 0.0707 e. The molecule has 0 aromatic carbocycles. The van der Waals surface area contributed by atoms with E-state index in [4.69, 9.17) is 4.74 Å². The Hall–Kier alpha value is -0.120. The molecule has 0 radical (unpaired) electrons. The molecule has 19 heavy (non-hydrogen) atoms. The van der Waals surface area contributed by atoms with Crippen LogP contribution in [0.2, 0.25) is 0 Å². The van der Waals surface area contributed by atoms with Crippen LogP contribution in [0.3, 0.4) is 0 Å². The Morgan fingerprint density at radius 3 is 2.42 bits per heavy atom. The molecule has 3 nitrogen and oxygen atoms in total. The zero-order chi connectivity index (χ0) is 14.5. The van der Waals surface area contributed by atoms with E-state index in [0.717, 1.165) is 19.0 Å². The van der Waals surface area contributed by atoms with E-state index in [9.17, 15) is 0 Å². The molecule has 1 aliphatic rings. The van der Waals surface area contributed by atoms with Crippen molar-refractivity contribution in [2.24, 2.45) is 5.92 Å². The van der Waals surface area contributed by atoms with Crippen LogP contribution < -0.4 is 5.32 Å². The number of rotatable bonds is 7. The number of hydrogen-bond donors (Lipinski definition) is 1. The van der Waals surface area contributed by atoms with Gasteiger partial charge in [0.2, 0.25) is 0 Å². The van der Waals surface area contributed by atoms with Crippen molar-refractivity contribution >= 4 is 0 Å². The maximum absolute atomic E-state index is 6.13. The first-order valence-electron chi connectivity index (χ1n) is 7.85. The molecule has 1 rings (SSSR count). The summed E-state index contributed by atoms with van der Waals surface area (Å²) in [5.41, 5.74) is 0.190. The molecule has 0 spiro atoms. The second-order valence-corrected chi connectivity index (χ2v) is 7.53. The lowest BCUT2D eigenvalue weighted by molar-refractivity contribution is 0.0247. The van der Waals surface area contributed by atoms with Gasteiger partial charge < -0.3 is 15.0 Å². The van der Waals surface area contributed by atoms with Crippen molar-refractivity contribution in [1.29, 1.82) is 0 Å². The first kappa shape index (κ1) is 16.9. The Morgan fingerprint density at radius 2 is 1.84 bits per heavy atom. The average molecular weight is 270 g/mol. The summed E-state index contributed by atoms with van der Waals surface area (Å²) in [4.78, 5) is 2.42. The molecule has 3 heteroatoms. The number of likely N-dealkylation sites (N-methyl/N-ethyl adjacent to an activating group) is 1. The molecule has 1 saturated heterocycles. The van der Waals surface area contributed by atoms with Gasteiger partial charge >= 0.3 is 0 Å². The Morgan fingerprint density at radius 1 is 1.21 bits per heavy atom. The molecule has 0 aromatic rings. The Kier molecular flexibility index (Phi) is 6.78. The summed E-state index contributed by atoms with van der Waals surface area (Å²) in [6.07, 6.45) is 4.53. The van der Waals surface area contributed by atoms with Crippen molar-refractivity contribution in [2.45, 2.75) is 71.6 Å². The SMILES string of the molecule is CC(C)CCN(C)CC1CCC(CNC(C)(C)C)O1. The topological polar surface area (TPSA) is 24.5 Å². The fraction of sp³-hybridized carbons (Fsp3) is 1.00. The number of hydrogen-bond acceptors (Lipinski definition) is 3. The van der Waals surface area contributed by atoms with E-state index in [1.165, 1.54) is 25.8 Å². The molecule has 2 unspecified atom stereocenters. The fourth-order valence-electron chi connectivity index (χ4n) is 2.40. The van der Waals surface area contributed by atoms with Crippen LogP contribution in [-0.4, -0.2) is 49.3 Å². The van der Waals surface area contributed by atoms with Crippen LogP contribution >= 0.6 is 0 Å². The Balaban J connectivity index is 2.17. The molecule has 0 aliphatic carbocycles. The zero-order valence-corrected chi connectivity index (χ0v) is 13.8. The van der Waals surface area contributed by atoms with Crippen LogP contribution in [-0.2, 0) is 4.74 Å². The highest BCUT2D eigenvalue weighted by Gasteiger charge is 2.26. The Labute approximate surface area is 120 Å². The standard InChI is InChI=1S/C16H34N2O/c1-13(2)9-10-18(6)12-15-8-7-14(19-15)11-17-16(3,4)5/h13-15,17H,7-12H2,1-6H3. The van der Waals surface area contributed by atoms with Crippen LogP contribution in [0.5, 0.6) is 0 Å². The molecule has 2 atom stereocenters. The van der Waals surface area contributed by atoms with Gasteiger partial charge in [0.25, 0.3) is 0 Å². The van der Waals surface area contributed by atoms with Gasteiger partial charge in [-0.1, -0.05) is 13.8 Å². The van der Waals surface area contributed by atoms with Crippen molar-refractivity contribution in [3.63, 3.8) is 0 Å². The lowest BCUT2D eigenvalue weighted by atomic mass is 10.1. The van der Waals surface area contributed by atoms with Gasteiger partial charge in [-0.05, 0) is 59.5 Å². The third kappa shape index (κ3) is 7.91. The quantitative estimate of drug-likeness (QED) is 0.770. The van der Waals surface area contributed by atoms with Crippen molar-refractivity contribution in [3.05, 3.63) is 0 Å². The van der Waals surface area contributed by atoms with Gasteiger partial charge in [0.15, 0.2) is 0 Å². The minimum absolute atomic E-state index is 0.190. The monoisotopic (exact) mass is 270 g/mol. The maximum atomic E-state index is 6.13. The summed E-state index contributed by atoms with van der Waals surface area (Å²) in [7, 11) is 2.21. The average Bonchev–Trinajstić information content (AvgIpc) is 2.70. The maximum Gasteiger partial charge on any atom is 0.0707 e. The summed E-state index contributed by atoms with van der Waals surface area (Å²) in [5.74, 6) is 0.788. The number of nitrogens with one attached hydrogen (secondary N) is 1. The molecule has 1 N–H and O–H groups in total. The van der Waals surface area contributed by atoms with Gasteiger partial charge in [-0.3, -0.25) is 0 Å². The second-order valence-electron chi connectivity index (χ2n) is 7.53. The fourth-order valence-corrected chi connectivity index (χ4v) is 2.40. The minimum Gasteiger partial charge on any atom is -0.372 e. The predicted molar refractivity (Wildman–Crippen MR) is 82.6 cm³/mol. The molecule has 1 aliphatic heterocycles. The third-order valence-corrected chi connectivity index (χ3v) is 3.66. The lowest BCUT2D eigenvalue weighted by Gasteiger charge is -2.25. The largest absolute Gasteiger partial charge is 0.372 e. The molecule has 0 amide bonds. The zero-order valence-electron chi connectivity index (χ0n) is 13.8. The number of nitrogens with zero attached hydrogens (tertiary/aromatic N) is 1. The summed E-state index contributed by atoms with van der Waals surface area (Å²) < 4.78 is 6.13. The van der Waals surface area contributed by atoms with Gasteiger partial charge in [0, 0.05) is 18.6 Å². The van der Waals surface area contributed by atoms with E-state index < -0.39 is 0 Å². The van der Waals surface area contributed by atoms with E-state index in [0.29, 0.717) is 12.2 Å². The van der Waals surface area contributed by atoms with E-state index >= 15 is 0 Å². The third-order valence-electron chi connectivity index (χ3n) is 3.66. The molecule has 0 aromatic heterocycles. The van der Waals surface area contributed by atoms with Gasteiger partial charge in [0.1, 0.15) is 0 Å². The van der Waals surface area contributed by atoms with Gasteiger partial charge in [-0.25, -0.2) is 0 Å². The van der Waals surface area contributed by atoms with Crippen LogP contribution in [0, 0.1) is 5.92 Å².